The highest BCUT2D eigenvalue weighted by atomic mass is 32.2. The van der Waals surface area contributed by atoms with Gasteiger partial charge >= 0.3 is 5.97 Å². The first-order valence-electron chi connectivity index (χ1n) is 12.6. The van der Waals surface area contributed by atoms with Gasteiger partial charge in [-0.3, -0.25) is 4.90 Å². The van der Waals surface area contributed by atoms with Gasteiger partial charge < -0.3 is 14.7 Å². The van der Waals surface area contributed by atoms with Crippen molar-refractivity contribution in [1.82, 2.24) is 9.80 Å². The number of benzene rings is 2. The zero-order valence-corrected chi connectivity index (χ0v) is 15.6. The summed E-state index contributed by atoms with van der Waals surface area (Å²) in [6, 6.07) is 13.8. The van der Waals surface area contributed by atoms with Gasteiger partial charge in [0.1, 0.15) is 12.4 Å². The minimum Gasteiger partial charge on any atom is -0.480 e. The quantitative estimate of drug-likeness (QED) is 0.772. The molecule has 2 heterocycles. The van der Waals surface area contributed by atoms with Crippen LogP contribution in [0.4, 0.5) is 5.69 Å². The Kier molecular flexibility index (Phi) is 3.63. The third-order valence-electron chi connectivity index (χ3n) is 3.93. The van der Waals surface area contributed by atoms with Crippen LogP contribution in [0, 0.1) is 0 Å². The van der Waals surface area contributed by atoms with Crippen molar-refractivity contribution in [3.8, 4) is 0 Å². The van der Waals surface area contributed by atoms with E-state index in [-0.39, 0.29) is 5.84 Å². The lowest BCUT2D eigenvalue weighted by Gasteiger charge is -2.36. The van der Waals surface area contributed by atoms with Gasteiger partial charge in [0.25, 0.3) is 0 Å². The minimum atomic E-state index is -3.12. The first kappa shape index (κ1) is 11.6. The molecule has 2 aromatic rings. The molecule has 7 heteroatoms. The molecule has 2 aromatic carbocycles. The fraction of sp³-hybridized carbons (Fsp3) is 0.333. The fourth-order valence-electron chi connectivity index (χ4n) is 2.65. The third-order valence-corrected chi connectivity index (χ3v) is 5.07. The number of rotatable bonds is 5. The standard InChI is InChI=1S/C21H23N3O3S/c25-20(26)15-27-14-13-23-9-11-24(12-10-23)21-16-5-1-3-7-18(16)28-19-8-4-2-6-17(19)22-21/h1-8H,9-15H2,(H,25,26)/i9D2,10D2,11D2,12D2. The highest BCUT2D eigenvalue weighted by Gasteiger charge is 2.25. The monoisotopic (exact) mass is 405 g/mol. The van der Waals surface area contributed by atoms with E-state index in [1.165, 1.54) is 11.8 Å². The molecule has 0 amide bonds. The van der Waals surface area contributed by atoms with E-state index in [2.05, 4.69) is 4.99 Å². The molecule has 0 bridgehead atoms. The summed E-state index contributed by atoms with van der Waals surface area (Å²) in [4.78, 5) is 17.5. The summed E-state index contributed by atoms with van der Waals surface area (Å²) in [6.45, 7) is -14.2. The van der Waals surface area contributed by atoms with Crippen molar-refractivity contribution in [2.75, 3.05) is 45.7 Å². The van der Waals surface area contributed by atoms with Gasteiger partial charge in [0, 0.05) is 53.4 Å². The van der Waals surface area contributed by atoms with Gasteiger partial charge in [-0.1, -0.05) is 42.1 Å². The lowest BCUT2D eigenvalue weighted by molar-refractivity contribution is -0.142. The van der Waals surface area contributed by atoms with E-state index >= 15 is 0 Å². The Labute approximate surface area is 180 Å². The van der Waals surface area contributed by atoms with E-state index in [0.717, 1.165) is 4.90 Å². The first-order chi connectivity index (χ1) is 16.7. The Morgan fingerprint density at radius 1 is 1.11 bits per heavy atom. The predicted molar refractivity (Wildman–Crippen MR) is 110 cm³/mol. The van der Waals surface area contributed by atoms with E-state index in [1.807, 2.05) is 0 Å². The molecular formula is C21H23N3O3S. The van der Waals surface area contributed by atoms with Crippen LogP contribution in [-0.4, -0.2) is 72.5 Å². The van der Waals surface area contributed by atoms with Gasteiger partial charge in [0.05, 0.1) is 17.8 Å². The number of para-hydroxylation sites is 1. The molecule has 28 heavy (non-hydrogen) atoms. The van der Waals surface area contributed by atoms with Crippen molar-refractivity contribution in [3.63, 3.8) is 0 Å². The van der Waals surface area contributed by atoms with Gasteiger partial charge in [0.2, 0.25) is 0 Å². The van der Waals surface area contributed by atoms with Gasteiger partial charge in [-0.15, -0.1) is 0 Å². The molecule has 1 fully saturated rings. The van der Waals surface area contributed by atoms with Crippen LogP contribution in [-0.2, 0) is 9.53 Å². The number of piperazine rings is 1. The van der Waals surface area contributed by atoms with Crippen LogP contribution in [0.5, 0.6) is 0 Å². The second kappa shape index (κ2) is 8.77. The first-order valence-corrected chi connectivity index (χ1v) is 9.37. The number of carboxylic acid groups (broad SMARTS) is 1. The number of aliphatic carboxylic acids is 1. The van der Waals surface area contributed by atoms with Crippen LogP contribution in [0.2, 0.25) is 0 Å². The molecule has 0 saturated carbocycles. The van der Waals surface area contributed by atoms with Gasteiger partial charge in [-0.2, -0.15) is 0 Å². The summed E-state index contributed by atoms with van der Waals surface area (Å²) >= 11 is 1.34. The Balaban J connectivity index is 1.86. The highest BCUT2D eigenvalue weighted by Crippen LogP contribution is 2.40. The Bertz CT molecular complexity index is 1180. The molecule has 1 N–H and O–H groups in total. The molecule has 4 rings (SSSR count). The van der Waals surface area contributed by atoms with Crippen LogP contribution in [0.3, 0.4) is 0 Å². The molecular weight excluding hydrogens is 374 g/mol. The molecule has 0 atom stereocenters. The topological polar surface area (TPSA) is 65.4 Å². The van der Waals surface area contributed by atoms with Crippen molar-refractivity contribution >= 4 is 29.3 Å². The van der Waals surface area contributed by atoms with Crippen molar-refractivity contribution in [2.24, 2.45) is 4.99 Å². The number of nitrogens with zero attached hydrogens (tertiary/aromatic N) is 3. The van der Waals surface area contributed by atoms with E-state index in [4.69, 9.17) is 20.8 Å². The van der Waals surface area contributed by atoms with E-state index < -0.39 is 51.7 Å². The molecule has 0 aromatic heterocycles. The number of hydrogen-bond acceptors (Lipinski definition) is 6. The summed E-state index contributed by atoms with van der Waals surface area (Å²) < 4.78 is 74.4. The number of aliphatic imine (C=N–C) groups is 1. The number of hydrogen-bond donors (Lipinski definition) is 1. The van der Waals surface area contributed by atoms with Crippen molar-refractivity contribution in [1.29, 1.82) is 0 Å². The van der Waals surface area contributed by atoms with Crippen LogP contribution >= 0.6 is 11.8 Å². The number of carbonyl (C=O) groups is 1. The summed E-state index contributed by atoms with van der Waals surface area (Å²) in [7, 11) is 0. The van der Waals surface area contributed by atoms with E-state index in [9.17, 15) is 4.79 Å². The van der Waals surface area contributed by atoms with Crippen LogP contribution < -0.4 is 0 Å². The molecule has 0 aliphatic carbocycles. The number of fused-ring (bicyclic) bond motifs is 2. The minimum absolute atomic E-state index is 0.243. The van der Waals surface area contributed by atoms with Crippen LogP contribution in [0.25, 0.3) is 0 Å². The average molecular weight is 406 g/mol. The highest BCUT2D eigenvalue weighted by molar-refractivity contribution is 7.99. The number of carboxylic acids is 1. The normalized spacial score (nSPS) is 28.1. The second-order valence-electron chi connectivity index (χ2n) is 5.88. The van der Waals surface area contributed by atoms with Crippen LogP contribution in [0.15, 0.2) is 63.3 Å². The molecule has 146 valence electrons. The maximum Gasteiger partial charge on any atom is 0.329 e. The van der Waals surface area contributed by atoms with Crippen LogP contribution in [0.1, 0.15) is 16.5 Å². The molecule has 6 nitrogen and oxygen atoms in total. The summed E-state index contributed by atoms with van der Waals surface area (Å²) in [5.74, 6) is -1.52. The second-order valence-corrected chi connectivity index (χ2v) is 6.97. The SMILES string of the molecule is [2H]C1([2H])N(CCOCC(=O)O)C([2H])([2H])C([2H])([2H])N(C2=Nc3ccccc3Sc3ccccc32)C1([2H])[2H]. The predicted octanol–water partition coefficient (Wildman–Crippen LogP) is 2.95. The third kappa shape index (κ3) is 4.38. The largest absolute Gasteiger partial charge is 0.480 e. The van der Waals surface area contributed by atoms with Crippen molar-refractivity contribution < 1.29 is 25.6 Å². The molecule has 0 spiro atoms. The summed E-state index contributed by atoms with van der Waals surface area (Å²) in [5.41, 5.74) is 0.738. The molecule has 2 aliphatic heterocycles. The van der Waals surface area contributed by atoms with Crippen molar-refractivity contribution in [3.05, 3.63) is 54.1 Å². The van der Waals surface area contributed by atoms with Gasteiger partial charge in [-0.25, -0.2) is 9.79 Å². The van der Waals surface area contributed by atoms with E-state index in [0.29, 0.717) is 25.9 Å². The maximum atomic E-state index is 10.7. The Hall–Kier alpha value is -2.35. The lowest BCUT2D eigenvalue weighted by atomic mass is 10.1. The van der Waals surface area contributed by atoms with Gasteiger partial charge in [0.15, 0.2) is 0 Å². The Morgan fingerprint density at radius 2 is 1.82 bits per heavy atom. The number of amidine groups is 1. The smallest absolute Gasteiger partial charge is 0.329 e. The van der Waals surface area contributed by atoms with Gasteiger partial charge in [-0.05, 0) is 18.2 Å². The average Bonchev–Trinajstić information content (AvgIpc) is 2.94. The van der Waals surface area contributed by atoms with Crippen molar-refractivity contribution in [2.45, 2.75) is 9.79 Å². The number of ether oxygens (including phenoxy) is 1. The molecule has 0 radical (unpaired) electrons. The lowest BCUT2D eigenvalue weighted by Crippen LogP contribution is -2.49. The fourth-order valence-corrected chi connectivity index (χ4v) is 3.67. The molecule has 0 unspecified atom stereocenters. The Morgan fingerprint density at radius 3 is 2.61 bits per heavy atom. The molecule has 1 saturated heterocycles. The summed E-state index contributed by atoms with van der Waals surface area (Å²) in [6.07, 6.45) is 0. The summed E-state index contributed by atoms with van der Waals surface area (Å²) in [5, 5.41) is 8.75. The zero-order valence-electron chi connectivity index (χ0n) is 22.8. The maximum absolute atomic E-state index is 10.7. The zero-order chi connectivity index (χ0) is 26.5. The van der Waals surface area contributed by atoms with E-state index in [1.54, 1.807) is 48.5 Å². The molecule has 2 aliphatic rings.